The Kier molecular flexibility index (Phi) is 16.9. The molecule has 2 nitrogen and oxygen atoms in total. The minimum absolute atomic E-state index is 0.0238. The zero-order valence-electron chi connectivity index (χ0n) is 13.9. The summed E-state index contributed by atoms with van der Waals surface area (Å²) in [6.07, 6.45) is 11.3. The van der Waals surface area contributed by atoms with Crippen LogP contribution in [0.4, 0.5) is 0 Å². The van der Waals surface area contributed by atoms with Crippen molar-refractivity contribution in [2.24, 2.45) is 5.92 Å². The molecule has 0 radical (unpaired) electrons. The molecule has 0 amide bonds. The number of unbranched alkanes of at least 4 members (excludes halogenated alkanes) is 7. The number of hydrogen-bond acceptors (Lipinski definition) is 3. The summed E-state index contributed by atoms with van der Waals surface area (Å²) < 4.78 is 5.31. The van der Waals surface area contributed by atoms with Gasteiger partial charge in [0.05, 0.1) is 12.5 Å². The molecule has 1 unspecified atom stereocenters. The summed E-state index contributed by atoms with van der Waals surface area (Å²) in [5.74, 6) is 2.08. The highest BCUT2D eigenvalue weighted by molar-refractivity contribution is 9.09. The Morgan fingerprint density at radius 2 is 1.71 bits per heavy atom. The van der Waals surface area contributed by atoms with Gasteiger partial charge in [0.1, 0.15) is 0 Å². The van der Waals surface area contributed by atoms with Crippen LogP contribution in [-0.2, 0) is 9.53 Å². The average Bonchev–Trinajstić information content (AvgIpc) is 2.49. The lowest BCUT2D eigenvalue weighted by molar-refractivity contribution is -0.147. The first-order valence-electron chi connectivity index (χ1n) is 8.52. The lowest BCUT2D eigenvalue weighted by Gasteiger charge is -2.11. The average molecular weight is 381 g/mol. The monoisotopic (exact) mass is 380 g/mol. The molecule has 0 N–H and O–H groups in total. The third-order valence-electron chi connectivity index (χ3n) is 3.43. The number of thioether (sulfide) groups is 1. The Morgan fingerprint density at radius 1 is 1.05 bits per heavy atom. The van der Waals surface area contributed by atoms with Crippen LogP contribution in [0.25, 0.3) is 0 Å². The highest BCUT2D eigenvalue weighted by Crippen LogP contribution is 2.14. The molecule has 0 aliphatic heterocycles. The topological polar surface area (TPSA) is 26.3 Å². The quantitative estimate of drug-likeness (QED) is 0.203. The van der Waals surface area contributed by atoms with Crippen LogP contribution in [0.1, 0.15) is 71.6 Å². The lowest BCUT2D eigenvalue weighted by atomic mass is 10.1. The summed E-state index contributed by atoms with van der Waals surface area (Å²) in [4.78, 5) is 11.8. The van der Waals surface area contributed by atoms with Crippen molar-refractivity contribution in [3.63, 3.8) is 0 Å². The van der Waals surface area contributed by atoms with E-state index >= 15 is 0 Å². The van der Waals surface area contributed by atoms with E-state index in [2.05, 4.69) is 22.9 Å². The number of ether oxygens (including phenoxy) is 1. The smallest absolute Gasteiger partial charge is 0.309 e. The number of carbonyl (C=O) groups excluding carboxylic acids is 1. The molecule has 0 saturated heterocycles. The number of hydrogen-bond donors (Lipinski definition) is 0. The first-order chi connectivity index (χ1) is 10.2. The molecule has 0 heterocycles. The van der Waals surface area contributed by atoms with Crippen molar-refractivity contribution < 1.29 is 9.53 Å². The second-order valence-corrected chi connectivity index (χ2v) is 7.60. The van der Waals surface area contributed by atoms with Crippen molar-refractivity contribution in [3.05, 3.63) is 0 Å². The van der Waals surface area contributed by atoms with Gasteiger partial charge in [-0.25, -0.2) is 0 Å². The second kappa shape index (κ2) is 16.7. The maximum Gasteiger partial charge on any atom is 0.309 e. The fourth-order valence-corrected chi connectivity index (χ4v) is 3.46. The molecule has 0 saturated carbocycles. The van der Waals surface area contributed by atoms with Crippen molar-refractivity contribution in [2.75, 3.05) is 23.4 Å². The molecule has 126 valence electrons. The Balaban J connectivity index is 3.35. The molecule has 0 aliphatic carbocycles. The van der Waals surface area contributed by atoms with Crippen molar-refractivity contribution in [1.82, 2.24) is 0 Å². The fourth-order valence-electron chi connectivity index (χ4n) is 2.00. The van der Waals surface area contributed by atoms with E-state index < -0.39 is 0 Å². The Labute approximate surface area is 144 Å². The molecule has 21 heavy (non-hydrogen) atoms. The minimum atomic E-state index is -0.0238. The van der Waals surface area contributed by atoms with Crippen LogP contribution >= 0.6 is 27.7 Å². The van der Waals surface area contributed by atoms with Crippen LogP contribution in [0.15, 0.2) is 0 Å². The number of esters is 1. The molecule has 0 aromatic rings. The molecule has 0 aromatic heterocycles. The standard InChI is InChI=1S/C17H33BrO2S/c1-3-4-5-6-7-11-14-21-15-16(2)17(19)20-13-10-8-9-12-18/h16H,3-15H2,1-2H3. The van der Waals surface area contributed by atoms with E-state index in [-0.39, 0.29) is 11.9 Å². The molecule has 0 spiro atoms. The van der Waals surface area contributed by atoms with Gasteiger partial charge in [0.2, 0.25) is 0 Å². The van der Waals surface area contributed by atoms with Crippen molar-refractivity contribution >= 4 is 33.7 Å². The van der Waals surface area contributed by atoms with E-state index in [0.29, 0.717) is 6.61 Å². The summed E-state index contributed by atoms with van der Waals surface area (Å²) in [6, 6.07) is 0. The maximum atomic E-state index is 11.8. The molecular weight excluding hydrogens is 348 g/mol. The molecule has 4 heteroatoms. The first-order valence-corrected chi connectivity index (χ1v) is 10.8. The summed E-state index contributed by atoms with van der Waals surface area (Å²) >= 11 is 5.30. The van der Waals surface area contributed by atoms with Crippen LogP contribution in [0.3, 0.4) is 0 Å². The zero-order chi connectivity index (χ0) is 15.8. The van der Waals surface area contributed by atoms with Gasteiger partial charge < -0.3 is 4.74 Å². The Bertz CT molecular complexity index is 237. The van der Waals surface area contributed by atoms with Gasteiger partial charge >= 0.3 is 5.97 Å². The summed E-state index contributed by atoms with van der Waals surface area (Å²) in [5.41, 5.74) is 0. The Hall–Kier alpha value is 0.300. The first kappa shape index (κ1) is 21.3. The SMILES string of the molecule is CCCCCCCCSCC(C)C(=O)OCCCCCBr. The van der Waals surface area contributed by atoms with E-state index in [4.69, 9.17) is 4.74 Å². The lowest BCUT2D eigenvalue weighted by Crippen LogP contribution is -2.17. The van der Waals surface area contributed by atoms with Gasteiger partial charge in [-0.1, -0.05) is 61.9 Å². The van der Waals surface area contributed by atoms with Crippen LogP contribution in [-0.4, -0.2) is 29.4 Å². The van der Waals surface area contributed by atoms with Gasteiger partial charge in [0, 0.05) is 11.1 Å². The molecule has 0 bridgehead atoms. The van der Waals surface area contributed by atoms with Gasteiger partial charge in [-0.3, -0.25) is 4.79 Å². The number of alkyl halides is 1. The van der Waals surface area contributed by atoms with Gasteiger partial charge in [0.25, 0.3) is 0 Å². The third-order valence-corrected chi connectivity index (χ3v) is 5.31. The van der Waals surface area contributed by atoms with Gasteiger partial charge in [0.15, 0.2) is 0 Å². The predicted molar refractivity (Wildman–Crippen MR) is 98.5 cm³/mol. The largest absolute Gasteiger partial charge is 0.465 e. The highest BCUT2D eigenvalue weighted by atomic mass is 79.9. The minimum Gasteiger partial charge on any atom is -0.465 e. The van der Waals surface area contributed by atoms with Crippen molar-refractivity contribution in [2.45, 2.75) is 71.6 Å². The summed E-state index contributed by atoms with van der Waals surface area (Å²) in [7, 11) is 0. The van der Waals surface area contributed by atoms with Crippen LogP contribution in [0, 0.1) is 5.92 Å². The molecule has 0 aromatic carbocycles. The van der Waals surface area contributed by atoms with E-state index in [9.17, 15) is 4.79 Å². The van der Waals surface area contributed by atoms with E-state index in [0.717, 1.165) is 30.3 Å². The predicted octanol–water partition coefficient (Wildman–Crippen LogP) is 5.82. The molecule has 0 aliphatic rings. The summed E-state index contributed by atoms with van der Waals surface area (Å²) in [6.45, 7) is 4.81. The summed E-state index contributed by atoms with van der Waals surface area (Å²) in [5, 5.41) is 1.03. The number of halogens is 1. The normalized spacial score (nSPS) is 12.3. The van der Waals surface area contributed by atoms with E-state index in [1.807, 2.05) is 18.7 Å². The second-order valence-electron chi connectivity index (χ2n) is 5.66. The number of rotatable bonds is 15. The Morgan fingerprint density at radius 3 is 2.43 bits per heavy atom. The van der Waals surface area contributed by atoms with Gasteiger partial charge in [-0.15, -0.1) is 0 Å². The van der Waals surface area contributed by atoms with Crippen LogP contribution < -0.4 is 0 Å². The van der Waals surface area contributed by atoms with Gasteiger partial charge in [-0.2, -0.15) is 11.8 Å². The maximum absolute atomic E-state index is 11.8. The molecular formula is C17H33BrO2S. The van der Waals surface area contributed by atoms with E-state index in [1.54, 1.807) is 0 Å². The van der Waals surface area contributed by atoms with E-state index in [1.165, 1.54) is 44.3 Å². The molecule has 0 fully saturated rings. The van der Waals surface area contributed by atoms with Gasteiger partial charge in [-0.05, 0) is 31.4 Å². The number of carbonyl (C=O) groups is 1. The van der Waals surface area contributed by atoms with Crippen LogP contribution in [0.5, 0.6) is 0 Å². The fraction of sp³-hybridized carbons (Fsp3) is 0.941. The molecule has 0 rings (SSSR count). The van der Waals surface area contributed by atoms with Crippen molar-refractivity contribution in [3.8, 4) is 0 Å². The third kappa shape index (κ3) is 15.0. The zero-order valence-corrected chi connectivity index (χ0v) is 16.3. The molecule has 1 atom stereocenters. The van der Waals surface area contributed by atoms with Crippen LogP contribution in [0.2, 0.25) is 0 Å². The highest BCUT2D eigenvalue weighted by Gasteiger charge is 2.13. The van der Waals surface area contributed by atoms with Crippen molar-refractivity contribution in [1.29, 1.82) is 0 Å².